The summed E-state index contributed by atoms with van der Waals surface area (Å²) in [6, 6.07) is 6.73. The largest absolute Gasteiger partial charge is 0.503 e. The average Bonchev–Trinajstić information content (AvgIpc) is 3.00. The Bertz CT molecular complexity index is 1240. The summed E-state index contributed by atoms with van der Waals surface area (Å²) in [6.07, 6.45) is 0. The Labute approximate surface area is 179 Å². The molecule has 10 heteroatoms. The van der Waals surface area contributed by atoms with Crippen LogP contribution in [-0.4, -0.2) is 39.1 Å². The number of carboxylic acid groups (broad SMARTS) is 1. The van der Waals surface area contributed by atoms with E-state index in [0.29, 0.717) is 0 Å². The number of carboxylic acids is 1. The van der Waals surface area contributed by atoms with Gasteiger partial charge in [0.05, 0.1) is 11.4 Å². The maximum Gasteiger partial charge on any atom is 0.322 e. The van der Waals surface area contributed by atoms with Crippen molar-refractivity contribution >= 4 is 40.3 Å². The van der Waals surface area contributed by atoms with Crippen LogP contribution in [0.25, 0.3) is 10.9 Å². The predicted molar refractivity (Wildman–Crippen MR) is 108 cm³/mol. The zero-order valence-corrected chi connectivity index (χ0v) is 17.1. The third-order valence-electron chi connectivity index (χ3n) is 4.92. The molecule has 0 fully saturated rings. The number of nitrogens with one attached hydrogen (secondary N) is 1. The van der Waals surface area contributed by atoms with Crippen LogP contribution >= 0.6 is 11.6 Å². The van der Waals surface area contributed by atoms with Crippen molar-refractivity contribution in [3.05, 3.63) is 63.8 Å². The number of halogens is 3. The number of phenolic OH excluding ortho intramolecular Hbond substituents is 1. The number of carbonyl (C=O) groups excluding carboxylic acids is 2. The third-order valence-corrected chi connectivity index (χ3v) is 5.16. The monoisotopic (exact) mass is 450 g/mol. The van der Waals surface area contributed by atoms with Gasteiger partial charge in [0.2, 0.25) is 5.91 Å². The molecule has 31 heavy (non-hydrogen) atoms. The smallest absolute Gasteiger partial charge is 0.322 e. The standard InChI is InChI=1S/C21H17ClF2N2O5/c1-9(20(30)25-8-15(27)28)16-10(2)26(21(31)11-4-3-5-12(22)6-11)14-7-13(23)19(29)18(24)17(14)16/h3-7,9,29H,8H2,1-2H3,(H,25,30)(H,27,28)/t9-/m1/s1. The molecule has 0 aliphatic heterocycles. The molecule has 3 rings (SSSR count). The van der Waals surface area contributed by atoms with Crippen molar-refractivity contribution in [1.82, 2.24) is 9.88 Å². The van der Waals surface area contributed by atoms with E-state index in [1.54, 1.807) is 6.07 Å². The summed E-state index contributed by atoms with van der Waals surface area (Å²) in [4.78, 5) is 36.4. The Balaban J connectivity index is 2.27. The minimum absolute atomic E-state index is 0.0149. The molecule has 3 N–H and O–H groups in total. The quantitative estimate of drug-likeness (QED) is 0.550. The molecule has 0 aliphatic rings. The Hall–Kier alpha value is -3.46. The number of rotatable bonds is 5. The van der Waals surface area contributed by atoms with Gasteiger partial charge in [-0.2, -0.15) is 0 Å². The van der Waals surface area contributed by atoms with E-state index in [2.05, 4.69) is 5.32 Å². The summed E-state index contributed by atoms with van der Waals surface area (Å²) in [6.45, 7) is 2.16. The number of fused-ring (bicyclic) bond motifs is 1. The summed E-state index contributed by atoms with van der Waals surface area (Å²) in [7, 11) is 0. The molecule has 0 saturated heterocycles. The zero-order chi connectivity index (χ0) is 23.0. The fourth-order valence-corrected chi connectivity index (χ4v) is 3.69. The van der Waals surface area contributed by atoms with Gasteiger partial charge in [-0.25, -0.2) is 8.78 Å². The van der Waals surface area contributed by atoms with E-state index in [4.69, 9.17) is 16.7 Å². The average molecular weight is 451 g/mol. The van der Waals surface area contributed by atoms with Crippen LogP contribution in [0.15, 0.2) is 30.3 Å². The van der Waals surface area contributed by atoms with Crippen LogP contribution in [0.5, 0.6) is 5.75 Å². The van der Waals surface area contributed by atoms with Crippen molar-refractivity contribution in [2.75, 3.05) is 6.54 Å². The molecule has 162 valence electrons. The maximum atomic E-state index is 14.9. The number of aliphatic carboxylic acids is 1. The Morgan fingerprint density at radius 1 is 1.23 bits per heavy atom. The minimum atomic E-state index is -1.33. The van der Waals surface area contributed by atoms with Gasteiger partial charge in [0.15, 0.2) is 17.4 Å². The first-order valence-electron chi connectivity index (χ1n) is 9.06. The van der Waals surface area contributed by atoms with Gasteiger partial charge in [-0.3, -0.25) is 19.0 Å². The van der Waals surface area contributed by atoms with Crippen LogP contribution < -0.4 is 5.32 Å². The van der Waals surface area contributed by atoms with Crippen LogP contribution in [0.3, 0.4) is 0 Å². The highest BCUT2D eigenvalue weighted by Crippen LogP contribution is 2.38. The number of amides is 1. The lowest BCUT2D eigenvalue weighted by atomic mass is 9.96. The molecule has 1 atom stereocenters. The predicted octanol–water partition coefficient (Wildman–Crippen LogP) is 3.58. The minimum Gasteiger partial charge on any atom is -0.503 e. The molecule has 0 unspecified atom stereocenters. The highest BCUT2D eigenvalue weighted by Gasteiger charge is 2.30. The highest BCUT2D eigenvalue weighted by atomic mass is 35.5. The van der Waals surface area contributed by atoms with Crippen LogP contribution in [0.4, 0.5) is 8.78 Å². The molecule has 1 amide bonds. The van der Waals surface area contributed by atoms with Crippen molar-refractivity contribution in [2.24, 2.45) is 0 Å². The molecule has 0 radical (unpaired) electrons. The summed E-state index contributed by atoms with van der Waals surface area (Å²) in [5, 5.41) is 20.7. The number of hydrogen-bond donors (Lipinski definition) is 3. The van der Waals surface area contributed by atoms with Gasteiger partial charge in [-0.15, -0.1) is 0 Å². The number of benzene rings is 2. The number of carbonyl (C=O) groups is 3. The van der Waals surface area contributed by atoms with Crippen molar-refractivity contribution in [3.8, 4) is 5.75 Å². The highest BCUT2D eigenvalue weighted by molar-refractivity contribution is 6.31. The summed E-state index contributed by atoms with van der Waals surface area (Å²) in [5.74, 6) is -7.65. The fourth-order valence-electron chi connectivity index (χ4n) is 3.50. The van der Waals surface area contributed by atoms with E-state index in [-0.39, 0.29) is 32.7 Å². The van der Waals surface area contributed by atoms with E-state index < -0.39 is 47.6 Å². The van der Waals surface area contributed by atoms with Gasteiger partial charge < -0.3 is 15.5 Å². The molecule has 0 spiro atoms. The molecular weight excluding hydrogens is 434 g/mol. The lowest BCUT2D eigenvalue weighted by Gasteiger charge is -2.13. The second kappa shape index (κ2) is 8.35. The second-order valence-corrected chi connectivity index (χ2v) is 7.33. The Morgan fingerprint density at radius 3 is 2.52 bits per heavy atom. The summed E-state index contributed by atoms with van der Waals surface area (Å²) in [5.41, 5.74) is 0.0852. The molecule has 0 saturated carbocycles. The number of hydrogen-bond acceptors (Lipinski definition) is 4. The molecular formula is C21H17ClF2N2O5. The van der Waals surface area contributed by atoms with E-state index in [1.807, 2.05) is 0 Å². The Morgan fingerprint density at radius 2 is 1.90 bits per heavy atom. The summed E-state index contributed by atoms with van der Waals surface area (Å²) < 4.78 is 30.1. The van der Waals surface area contributed by atoms with Crippen molar-refractivity contribution in [1.29, 1.82) is 0 Å². The summed E-state index contributed by atoms with van der Waals surface area (Å²) >= 11 is 5.95. The van der Waals surface area contributed by atoms with Gasteiger partial charge in [-0.05, 0) is 37.6 Å². The van der Waals surface area contributed by atoms with E-state index in [1.165, 1.54) is 32.0 Å². The third kappa shape index (κ3) is 3.96. The van der Waals surface area contributed by atoms with Gasteiger partial charge >= 0.3 is 5.97 Å². The van der Waals surface area contributed by atoms with Crippen LogP contribution in [-0.2, 0) is 9.59 Å². The SMILES string of the molecule is Cc1c([C@@H](C)C(=O)NCC(=O)O)c2c(F)c(O)c(F)cc2n1C(=O)c1cccc(Cl)c1. The first-order chi connectivity index (χ1) is 14.5. The number of nitrogens with zero attached hydrogens (tertiary/aromatic N) is 1. The molecule has 1 heterocycles. The molecule has 3 aromatic rings. The van der Waals surface area contributed by atoms with Crippen molar-refractivity contribution < 1.29 is 33.4 Å². The van der Waals surface area contributed by atoms with Gasteiger partial charge in [-0.1, -0.05) is 17.7 Å². The van der Waals surface area contributed by atoms with Gasteiger partial charge in [0, 0.05) is 27.7 Å². The number of aromatic nitrogens is 1. The van der Waals surface area contributed by atoms with E-state index in [0.717, 1.165) is 10.6 Å². The molecule has 2 aromatic carbocycles. The maximum absolute atomic E-state index is 14.9. The van der Waals surface area contributed by atoms with Crippen molar-refractivity contribution in [2.45, 2.75) is 19.8 Å². The first-order valence-corrected chi connectivity index (χ1v) is 9.44. The molecule has 0 aliphatic carbocycles. The lowest BCUT2D eigenvalue weighted by Crippen LogP contribution is -2.32. The fraction of sp³-hybridized carbons (Fsp3) is 0.190. The topological polar surface area (TPSA) is 109 Å². The van der Waals surface area contributed by atoms with Crippen molar-refractivity contribution in [3.63, 3.8) is 0 Å². The molecule has 0 bridgehead atoms. The first kappa shape index (κ1) is 22.2. The lowest BCUT2D eigenvalue weighted by molar-refractivity contribution is -0.138. The second-order valence-electron chi connectivity index (χ2n) is 6.90. The number of phenols is 1. The number of aromatic hydroxyl groups is 1. The van der Waals surface area contributed by atoms with Crippen LogP contribution in [0.2, 0.25) is 5.02 Å². The van der Waals surface area contributed by atoms with Crippen LogP contribution in [0.1, 0.15) is 34.5 Å². The normalized spacial score (nSPS) is 12.0. The molecule has 1 aromatic heterocycles. The zero-order valence-electron chi connectivity index (χ0n) is 16.4. The van der Waals surface area contributed by atoms with E-state index in [9.17, 15) is 28.3 Å². The Kier molecular flexibility index (Phi) is 5.99. The van der Waals surface area contributed by atoms with Gasteiger partial charge in [0.25, 0.3) is 5.91 Å². The van der Waals surface area contributed by atoms with Gasteiger partial charge in [0.1, 0.15) is 6.54 Å². The van der Waals surface area contributed by atoms with Crippen LogP contribution in [0, 0.1) is 18.6 Å². The molecule has 7 nitrogen and oxygen atoms in total. The van der Waals surface area contributed by atoms with E-state index >= 15 is 0 Å².